The van der Waals surface area contributed by atoms with Crippen molar-refractivity contribution in [1.29, 1.82) is 0 Å². The second-order valence-corrected chi connectivity index (χ2v) is 11.0. The van der Waals surface area contributed by atoms with Crippen LogP contribution in [0, 0.1) is 17.8 Å². The number of Topliss-reactive ketones (excluding diaryl/α,β-unsaturated/α-hetero) is 1. The van der Waals surface area contributed by atoms with Crippen LogP contribution in [0.25, 0.3) is 0 Å². The number of allylic oxidation sites excluding steroid dienone is 6. The first-order chi connectivity index (χ1) is 17.0. The number of benzene rings is 1. The number of imide groups is 1. The molecule has 188 valence electrons. The van der Waals surface area contributed by atoms with Gasteiger partial charge in [0.05, 0.1) is 18.4 Å². The van der Waals surface area contributed by atoms with E-state index in [1.165, 1.54) is 11.0 Å². The number of fused-ring (bicyclic) bond motifs is 3. The van der Waals surface area contributed by atoms with Gasteiger partial charge >= 0.3 is 0 Å². The molecule has 1 aromatic carbocycles. The number of aromatic hydroxyl groups is 1. The van der Waals surface area contributed by atoms with Gasteiger partial charge in [-0.2, -0.15) is 0 Å². The Hall–Kier alpha value is -3.48. The summed E-state index contributed by atoms with van der Waals surface area (Å²) in [7, 11) is 0. The number of rotatable bonds is 3. The number of ether oxygens (including phenoxy) is 1. The lowest BCUT2D eigenvalue weighted by Gasteiger charge is -2.42. The largest absolute Gasteiger partial charge is 0.504 e. The van der Waals surface area contributed by atoms with Crippen LogP contribution in [-0.4, -0.2) is 45.5 Å². The van der Waals surface area contributed by atoms with E-state index in [-0.39, 0.29) is 35.6 Å². The van der Waals surface area contributed by atoms with Crippen molar-refractivity contribution in [2.45, 2.75) is 58.9 Å². The van der Waals surface area contributed by atoms with Crippen LogP contribution in [0.15, 0.2) is 52.6 Å². The average molecular weight is 490 g/mol. The van der Waals surface area contributed by atoms with E-state index in [0.29, 0.717) is 41.1 Å². The van der Waals surface area contributed by atoms with Gasteiger partial charge in [0.15, 0.2) is 23.1 Å². The van der Waals surface area contributed by atoms with Crippen LogP contribution in [0.5, 0.6) is 11.5 Å². The molecule has 4 unspecified atom stereocenters. The summed E-state index contributed by atoms with van der Waals surface area (Å²) in [6.07, 6.45) is 3.90. The van der Waals surface area contributed by atoms with Crippen LogP contribution >= 0.6 is 0 Å². The number of phenols is 1. The highest BCUT2D eigenvalue weighted by molar-refractivity contribution is 6.24. The zero-order chi connectivity index (χ0) is 26.1. The second-order valence-electron chi connectivity index (χ2n) is 11.0. The van der Waals surface area contributed by atoms with Crippen molar-refractivity contribution in [3.63, 3.8) is 0 Å². The Kier molecular flexibility index (Phi) is 5.58. The predicted molar refractivity (Wildman–Crippen MR) is 132 cm³/mol. The van der Waals surface area contributed by atoms with Crippen molar-refractivity contribution >= 4 is 23.4 Å². The number of carbonyl (C=O) groups is 4. The molecule has 0 bridgehead atoms. The Balaban J connectivity index is 1.70. The number of likely N-dealkylation sites (tertiary alicyclic amines) is 1. The minimum absolute atomic E-state index is 0.0857. The molecule has 7 heteroatoms. The Labute approximate surface area is 210 Å². The molecule has 0 spiro atoms. The van der Waals surface area contributed by atoms with Crippen LogP contribution in [-0.2, 0) is 19.2 Å². The molecule has 0 aromatic heterocycles. The number of hydrogen-bond donors (Lipinski definition) is 1. The molecule has 1 aliphatic heterocycles. The second kappa shape index (κ2) is 8.29. The third-order valence-electron chi connectivity index (χ3n) is 7.88. The fourth-order valence-electron chi connectivity index (χ4n) is 6.42. The van der Waals surface area contributed by atoms with Gasteiger partial charge < -0.3 is 9.84 Å². The summed E-state index contributed by atoms with van der Waals surface area (Å²) in [5.41, 5.74) is 1.69. The minimum Gasteiger partial charge on any atom is -0.504 e. The van der Waals surface area contributed by atoms with Gasteiger partial charge in [-0.15, -0.1) is 0 Å². The molecule has 36 heavy (non-hydrogen) atoms. The van der Waals surface area contributed by atoms with E-state index in [4.69, 9.17) is 4.74 Å². The third kappa shape index (κ3) is 3.39. The number of nitrogens with zero attached hydrogens (tertiary/aromatic N) is 1. The molecule has 1 N–H and O–H groups in total. The van der Waals surface area contributed by atoms with Crippen LogP contribution in [0.4, 0.5) is 0 Å². The standard InChI is InChI=1S/C29H31NO6/c1-6-36-21-9-7-8-16(26(21)33)22-15-10-11-17-23(28(35)30(27(17)34)29(3,4)5)18(15)13-19-20(31)12-14(2)25(32)24(19)22/h7-10,12,17-18,22-23,33H,6,11,13H2,1-5H3. The third-order valence-corrected chi connectivity index (χ3v) is 7.88. The van der Waals surface area contributed by atoms with Gasteiger partial charge in [-0.05, 0) is 65.5 Å². The molecule has 1 fully saturated rings. The van der Waals surface area contributed by atoms with Crippen molar-refractivity contribution in [3.8, 4) is 11.5 Å². The Morgan fingerprint density at radius 3 is 2.47 bits per heavy atom. The van der Waals surface area contributed by atoms with Crippen LogP contribution in [0.3, 0.4) is 0 Å². The summed E-state index contributed by atoms with van der Waals surface area (Å²) >= 11 is 0. The van der Waals surface area contributed by atoms with E-state index in [9.17, 15) is 24.3 Å². The Morgan fingerprint density at radius 2 is 1.81 bits per heavy atom. The summed E-state index contributed by atoms with van der Waals surface area (Å²) < 4.78 is 5.61. The number of ketones is 2. The Morgan fingerprint density at radius 1 is 1.08 bits per heavy atom. The SMILES string of the molecule is CCOc1cccc(C2C3=CCC4C(=O)N(C(C)(C)C)C(=O)C4C3CC3=C2C(=O)C(C)=CC3=O)c1O. The van der Waals surface area contributed by atoms with Crippen LogP contribution < -0.4 is 4.74 Å². The molecule has 1 aromatic rings. The zero-order valence-electron chi connectivity index (χ0n) is 21.3. The van der Waals surface area contributed by atoms with Gasteiger partial charge in [-0.1, -0.05) is 23.8 Å². The summed E-state index contributed by atoms with van der Waals surface area (Å²) in [6.45, 7) is 9.31. The van der Waals surface area contributed by atoms with E-state index < -0.39 is 29.2 Å². The highest BCUT2D eigenvalue weighted by Gasteiger charge is 2.58. The molecule has 3 aliphatic carbocycles. The smallest absolute Gasteiger partial charge is 0.234 e. The molecule has 7 nitrogen and oxygen atoms in total. The fourth-order valence-corrected chi connectivity index (χ4v) is 6.42. The van der Waals surface area contributed by atoms with E-state index in [0.717, 1.165) is 5.57 Å². The van der Waals surface area contributed by atoms with Crippen LogP contribution in [0.1, 0.15) is 58.9 Å². The average Bonchev–Trinajstić information content (AvgIpc) is 3.08. The summed E-state index contributed by atoms with van der Waals surface area (Å²) in [5, 5.41) is 11.2. The fraction of sp³-hybridized carbons (Fsp3) is 0.448. The van der Waals surface area contributed by atoms with Gasteiger partial charge in [0, 0.05) is 33.7 Å². The van der Waals surface area contributed by atoms with Gasteiger partial charge in [0.25, 0.3) is 0 Å². The molecular weight excluding hydrogens is 458 g/mol. The maximum absolute atomic E-state index is 13.7. The van der Waals surface area contributed by atoms with E-state index >= 15 is 0 Å². The van der Waals surface area contributed by atoms with E-state index in [1.54, 1.807) is 25.1 Å². The monoisotopic (exact) mass is 489 g/mol. The number of hydrogen-bond acceptors (Lipinski definition) is 6. The van der Waals surface area contributed by atoms with Gasteiger partial charge in [0.2, 0.25) is 11.8 Å². The summed E-state index contributed by atoms with van der Waals surface area (Å²) in [6, 6.07) is 5.14. The van der Waals surface area contributed by atoms with Crippen molar-refractivity contribution in [2.75, 3.05) is 6.61 Å². The van der Waals surface area contributed by atoms with Crippen molar-refractivity contribution in [1.82, 2.24) is 4.90 Å². The molecule has 5 rings (SSSR count). The predicted octanol–water partition coefficient (Wildman–Crippen LogP) is 4.02. The van der Waals surface area contributed by atoms with E-state index in [1.807, 2.05) is 33.8 Å². The molecule has 0 saturated carbocycles. The van der Waals surface area contributed by atoms with Gasteiger partial charge in [-0.3, -0.25) is 24.1 Å². The number of phenolic OH excluding ortho intramolecular Hbond substituents is 1. The molecule has 4 aliphatic rings. The summed E-state index contributed by atoms with van der Waals surface area (Å²) in [5.74, 6) is -2.93. The highest BCUT2D eigenvalue weighted by Crippen LogP contribution is 2.57. The zero-order valence-corrected chi connectivity index (χ0v) is 21.3. The number of amides is 2. The summed E-state index contributed by atoms with van der Waals surface area (Å²) in [4.78, 5) is 55.0. The quantitative estimate of drug-likeness (QED) is 0.391. The highest BCUT2D eigenvalue weighted by atomic mass is 16.5. The number of carbonyl (C=O) groups excluding carboxylic acids is 4. The molecule has 1 heterocycles. The lowest BCUT2D eigenvalue weighted by molar-refractivity contribution is -0.145. The number of para-hydroxylation sites is 1. The topological polar surface area (TPSA) is 101 Å². The minimum atomic E-state index is -0.702. The lowest BCUT2D eigenvalue weighted by Crippen LogP contribution is -2.46. The first-order valence-electron chi connectivity index (χ1n) is 12.5. The molecular formula is C29H31NO6. The van der Waals surface area contributed by atoms with E-state index in [2.05, 4.69) is 0 Å². The maximum Gasteiger partial charge on any atom is 0.234 e. The van der Waals surface area contributed by atoms with Crippen molar-refractivity contribution in [2.24, 2.45) is 17.8 Å². The first kappa shape index (κ1) is 24.2. The van der Waals surface area contributed by atoms with Crippen molar-refractivity contribution < 1.29 is 29.0 Å². The van der Waals surface area contributed by atoms with Gasteiger partial charge in [0.1, 0.15) is 0 Å². The van der Waals surface area contributed by atoms with Gasteiger partial charge in [-0.25, -0.2) is 0 Å². The van der Waals surface area contributed by atoms with Crippen LogP contribution in [0.2, 0.25) is 0 Å². The molecule has 2 amide bonds. The molecule has 1 saturated heterocycles. The first-order valence-corrected chi connectivity index (χ1v) is 12.5. The normalized spacial score (nSPS) is 28.0. The molecule has 4 atom stereocenters. The van der Waals surface area contributed by atoms with Crippen molar-refractivity contribution in [3.05, 3.63) is 58.2 Å². The Bertz CT molecular complexity index is 1310. The lowest BCUT2D eigenvalue weighted by atomic mass is 9.59. The maximum atomic E-state index is 13.7. The molecule has 0 radical (unpaired) electrons.